The molecule has 6 atom stereocenters. The highest BCUT2D eigenvalue weighted by molar-refractivity contribution is 9.09. The standard InChI is InChI=1S/C39H32BrCl2N5O5/c1-45(2)24-12-8-22(9-13-24)43-44-23-10-14-25(15-11-23)47-34(49)28-17-16-27-29(31(28)35(47)50)19-38(41)36(51)46(20-40)37(52)39(38,42)33(27)32-26-6-4-3-5-21(26)7-18-30(32)48/h3-16,18,28-29,31,33,48H,17,19-20H2,1-2H3/t28-,29+,31-,33+,38+,39-/m0/s1. The Balaban J connectivity index is 1.17. The number of phenols is 1. The van der Waals surface area contributed by atoms with Crippen molar-refractivity contribution in [2.45, 2.75) is 28.5 Å². The molecule has 10 nitrogen and oxygen atoms in total. The molecule has 4 amide bonds. The molecular weight excluding hydrogens is 769 g/mol. The van der Waals surface area contributed by atoms with Gasteiger partial charge in [0, 0.05) is 31.3 Å². The van der Waals surface area contributed by atoms with E-state index in [1.165, 1.54) is 11.0 Å². The van der Waals surface area contributed by atoms with Gasteiger partial charge in [-0.15, -0.1) is 23.2 Å². The lowest BCUT2D eigenvalue weighted by atomic mass is 9.56. The van der Waals surface area contributed by atoms with Crippen LogP contribution in [0.5, 0.6) is 5.75 Å². The van der Waals surface area contributed by atoms with Crippen molar-refractivity contribution in [1.82, 2.24) is 4.90 Å². The molecule has 2 heterocycles. The minimum atomic E-state index is -2.03. The number of carbonyl (C=O) groups excluding carboxylic acids is 4. The van der Waals surface area contributed by atoms with Crippen LogP contribution in [0.2, 0.25) is 0 Å². The van der Waals surface area contributed by atoms with Gasteiger partial charge in [-0.2, -0.15) is 10.2 Å². The number of carbonyl (C=O) groups is 4. The quantitative estimate of drug-likeness (QED) is 0.0695. The SMILES string of the molecule is CN(C)c1ccc(N=Nc2ccc(N3C(=O)[C@H]4[C@H](CC=C5[C@H]4C[C@@]4(Cl)C(=O)N(CBr)C(=O)[C@@]4(Cl)[C@H]5c4c(O)ccc5ccccc45)C3=O)cc2)cc1. The number of azo groups is 1. The van der Waals surface area contributed by atoms with E-state index in [-0.39, 0.29) is 30.0 Å². The molecule has 8 rings (SSSR count). The van der Waals surface area contributed by atoms with Crippen LogP contribution in [0.1, 0.15) is 24.3 Å². The molecule has 13 heteroatoms. The van der Waals surface area contributed by atoms with Gasteiger partial charge in [-0.1, -0.05) is 57.9 Å². The number of benzene rings is 4. The predicted molar refractivity (Wildman–Crippen MR) is 203 cm³/mol. The van der Waals surface area contributed by atoms with Gasteiger partial charge in [-0.05, 0) is 84.1 Å². The summed E-state index contributed by atoms with van der Waals surface area (Å²) in [5.41, 5.74) is 3.44. The number of anilines is 2. The molecule has 4 aromatic rings. The van der Waals surface area contributed by atoms with Crippen LogP contribution in [0.25, 0.3) is 10.8 Å². The number of amides is 4. The third kappa shape index (κ3) is 4.89. The summed E-state index contributed by atoms with van der Waals surface area (Å²) in [5, 5.41) is 21.5. The first kappa shape index (κ1) is 34.5. The second kappa shape index (κ2) is 12.5. The highest BCUT2D eigenvalue weighted by Crippen LogP contribution is 2.66. The second-order valence-corrected chi connectivity index (χ2v) is 15.6. The topological polar surface area (TPSA) is 123 Å². The van der Waals surface area contributed by atoms with Gasteiger partial charge in [0.05, 0.1) is 34.4 Å². The lowest BCUT2D eigenvalue weighted by molar-refractivity contribution is -0.138. The largest absolute Gasteiger partial charge is 0.508 e. The highest BCUT2D eigenvalue weighted by Gasteiger charge is 2.76. The van der Waals surface area contributed by atoms with E-state index in [1.54, 1.807) is 30.3 Å². The van der Waals surface area contributed by atoms with E-state index in [4.69, 9.17) is 23.2 Å². The molecule has 0 radical (unpaired) electrons. The Morgan fingerprint density at radius 3 is 2.15 bits per heavy atom. The van der Waals surface area contributed by atoms with Crippen LogP contribution >= 0.6 is 39.1 Å². The van der Waals surface area contributed by atoms with E-state index < -0.39 is 51.1 Å². The Morgan fingerprint density at radius 2 is 1.50 bits per heavy atom. The molecule has 0 unspecified atom stereocenters. The first-order chi connectivity index (χ1) is 24.9. The minimum Gasteiger partial charge on any atom is -0.508 e. The maximum atomic E-state index is 14.5. The Kier molecular flexibility index (Phi) is 8.31. The molecule has 4 aromatic carbocycles. The number of hydrogen-bond donors (Lipinski definition) is 1. The molecule has 2 saturated heterocycles. The average Bonchev–Trinajstić information content (AvgIpc) is 3.48. The fourth-order valence-corrected chi connectivity index (χ4v) is 9.92. The number of halogens is 3. The summed E-state index contributed by atoms with van der Waals surface area (Å²) in [4.78, 5) is 56.9. The Morgan fingerprint density at radius 1 is 0.846 bits per heavy atom. The number of allylic oxidation sites excluding steroid dienone is 2. The van der Waals surface area contributed by atoms with Crippen molar-refractivity contribution in [3.8, 4) is 5.75 Å². The van der Waals surface area contributed by atoms with E-state index >= 15 is 0 Å². The van der Waals surface area contributed by atoms with Gasteiger partial charge in [-0.25, -0.2) is 0 Å². The van der Waals surface area contributed by atoms with E-state index in [2.05, 4.69) is 26.2 Å². The van der Waals surface area contributed by atoms with Crippen molar-refractivity contribution in [1.29, 1.82) is 0 Å². The number of aromatic hydroxyl groups is 1. The zero-order valence-corrected chi connectivity index (χ0v) is 31.1. The normalized spacial score (nSPS) is 28.4. The molecule has 4 aliphatic rings. The van der Waals surface area contributed by atoms with Crippen molar-refractivity contribution in [3.05, 3.63) is 102 Å². The van der Waals surface area contributed by atoms with Gasteiger partial charge in [0.25, 0.3) is 11.8 Å². The van der Waals surface area contributed by atoms with Crippen LogP contribution in [-0.2, 0) is 19.2 Å². The summed E-state index contributed by atoms with van der Waals surface area (Å²) in [6.07, 6.45) is 1.91. The predicted octanol–water partition coefficient (Wildman–Crippen LogP) is 7.94. The zero-order valence-electron chi connectivity index (χ0n) is 28.0. The molecule has 264 valence electrons. The summed E-state index contributed by atoms with van der Waals surface area (Å²) in [6, 6.07) is 24.9. The van der Waals surface area contributed by atoms with Gasteiger partial charge in [0.2, 0.25) is 11.8 Å². The third-order valence-corrected chi connectivity index (χ3v) is 12.9. The molecule has 0 spiro atoms. The number of hydrogen-bond acceptors (Lipinski definition) is 8. The van der Waals surface area contributed by atoms with Crippen LogP contribution in [0.3, 0.4) is 0 Å². The van der Waals surface area contributed by atoms with E-state index in [0.29, 0.717) is 33.6 Å². The van der Waals surface area contributed by atoms with Crippen molar-refractivity contribution in [2.75, 3.05) is 29.3 Å². The number of rotatable bonds is 6. The molecule has 52 heavy (non-hydrogen) atoms. The zero-order chi connectivity index (χ0) is 36.7. The third-order valence-electron chi connectivity index (χ3n) is 11.0. The van der Waals surface area contributed by atoms with Crippen molar-refractivity contribution < 1.29 is 24.3 Å². The fraction of sp³-hybridized carbons (Fsp3) is 0.282. The van der Waals surface area contributed by atoms with Crippen LogP contribution in [-0.4, -0.2) is 62.9 Å². The van der Waals surface area contributed by atoms with Crippen molar-refractivity contribution in [2.24, 2.45) is 28.0 Å². The van der Waals surface area contributed by atoms with Gasteiger partial charge in [-0.3, -0.25) is 29.0 Å². The van der Waals surface area contributed by atoms with Crippen LogP contribution in [0.15, 0.2) is 107 Å². The molecule has 1 N–H and O–H groups in total. The molecule has 0 bridgehead atoms. The smallest absolute Gasteiger partial charge is 0.254 e. The number of alkyl halides is 3. The van der Waals surface area contributed by atoms with Crippen molar-refractivity contribution >= 4 is 96.3 Å². The highest BCUT2D eigenvalue weighted by atomic mass is 79.9. The van der Waals surface area contributed by atoms with Gasteiger partial charge in [0.15, 0.2) is 9.75 Å². The summed E-state index contributed by atoms with van der Waals surface area (Å²) >= 11 is 18.1. The van der Waals surface area contributed by atoms with Crippen LogP contribution in [0, 0.1) is 17.8 Å². The molecule has 2 aliphatic heterocycles. The lowest BCUT2D eigenvalue weighted by Crippen LogP contribution is -2.60. The van der Waals surface area contributed by atoms with Crippen molar-refractivity contribution in [3.63, 3.8) is 0 Å². The number of likely N-dealkylation sites (tertiary alicyclic amines) is 1. The summed E-state index contributed by atoms with van der Waals surface area (Å²) < 4.78 is 0. The molecule has 2 aliphatic carbocycles. The maximum absolute atomic E-state index is 14.5. The first-order valence-corrected chi connectivity index (χ1v) is 18.7. The summed E-state index contributed by atoms with van der Waals surface area (Å²) in [7, 11) is 3.91. The van der Waals surface area contributed by atoms with E-state index in [1.807, 2.05) is 73.6 Å². The summed E-state index contributed by atoms with van der Waals surface area (Å²) in [5.74, 6) is -5.73. The maximum Gasteiger partial charge on any atom is 0.254 e. The number of nitrogens with zero attached hydrogens (tertiary/aromatic N) is 5. The summed E-state index contributed by atoms with van der Waals surface area (Å²) in [6.45, 7) is 0. The lowest BCUT2D eigenvalue weighted by Gasteiger charge is -2.51. The molecule has 0 aromatic heterocycles. The Hall–Kier alpha value is -4.58. The fourth-order valence-electron chi connectivity index (χ4n) is 8.51. The van der Waals surface area contributed by atoms with Crippen LogP contribution in [0.4, 0.5) is 22.7 Å². The van der Waals surface area contributed by atoms with Gasteiger partial charge < -0.3 is 10.0 Å². The Bertz CT molecular complexity index is 2250. The van der Waals surface area contributed by atoms with E-state index in [9.17, 15) is 24.3 Å². The van der Waals surface area contributed by atoms with Gasteiger partial charge in [0.1, 0.15) is 5.75 Å². The number of imide groups is 2. The Labute approximate surface area is 317 Å². The average molecular weight is 802 g/mol. The molecular formula is C39H32BrCl2N5O5. The minimum absolute atomic E-state index is 0.123. The molecule has 1 saturated carbocycles. The number of fused-ring (bicyclic) bond motifs is 5. The van der Waals surface area contributed by atoms with E-state index in [0.717, 1.165) is 16.0 Å². The van der Waals surface area contributed by atoms with Crippen LogP contribution < -0.4 is 9.80 Å². The monoisotopic (exact) mass is 799 g/mol. The second-order valence-electron chi connectivity index (χ2n) is 13.8. The van der Waals surface area contributed by atoms with Gasteiger partial charge >= 0.3 is 0 Å². The molecule has 3 fully saturated rings. The first-order valence-electron chi connectivity index (χ1n) is 16.8. The number of phenolic OH excluding ortho intramolecular Hbond substituents is 1.